The van der Waals surface area contributed by atoms with Crippen molar-refractivity contribution >= 4 is 44.5 Å². The molecule has 0 saturated carbocycles. The number of nitrogens with one attached hydrogen (secondary N) is 1. The van der Waals surface area contributed by atoms with Crippen molar-refractivity contribution in [3.05, 3.63) is 75.9 Å². The van der Waals surface area contributed by atoms with Gasteiger partial charge in [0.2, 0.25) is 0 Å². The summed E-state index contributed by atoms with van der Waals surface area (Å²) in [6, 6.07) is 11.8. The molecule has 0 unspecified atom stereocenters. The van der Waals surface area contributed by atoms with E-state index in [9.17, 15) is 22.8 Å². The highest BCUT2D eigenvalue weighted by atomic mass is 79.9. The van der Waals surface area contributed by atoms with E-state index in [4.69, 9.17) is 0 Å². The topological polar surface area (TPSA) is 49.9 Å². The van der Waals surface area contributed by atoms with Crippen LogP contribution in [0.25, 0.3) is 17.0 Å². The summed E-state index contributed by atoms with van der Waals surface area (Å²) in [4.78, 5) is 26.5. The second kappa shape index (κ2) is 6.92. The largest absolute Gasteiger partial charge is 0.454 e. The number of hydrogen-bond acceptors (Lipinski definition) is 2. The van der Waals surface area contributed by atoms with E-state index in [1.807, 2.05) is 0 Å². The van der Waals surface area contributed by atoms with E-state index in [-0.39, 0.29) is 11.2 Å². The van der Waals surface area contributed by atoms with Crippen molar-refractivity contribution in [2.45, 2.75) is 6.18 Å². The Hall–Kier alpha value is -2.67. The van der Waals surface area contributed by atoms with Crippen LogP contribution < -0.4 is 0 Å². The van der Waals surface area contributed by atoms with Gasteiger partial charge in [-0.25, -0.2) is 0 Å². The Morgan fingerprint density at radius 2 is 1.73 bits per heavy atom. The molecule has 0 spiro atoms. The Balaban J connectivity index is 2.02. The predicted molar refractivity (Wildman–Crippen MR) is 96.2 cm³/mol. The third kappa shape index (κ3) is 3.48. The van der Waals surface area contributed by atoms with Crippen LogP contribution in [0.15, 0.2) is 59.2 Å². The van der Waals surface area contributed by atoms with E-state index in [1.165, 1.54) is 18.2 Å². The zero-order valence-electron chi connectivity index (χ0n) is 13.1. The maximum absolute atomic E-state index is 12.8. The van der Waals surface area contributed by atoms with Crippen LogP contribution in [0.1, 0.15) is 26.3 Å². The fourth-order valence-electron chi connectivity index (χ4n) is 2.56. The number of alkyl halides is 3. The smallest absolute Gasteiger partial charge is 0.360 e. The van der Waals surface area contributed by atoms with E-state index in [0.717, 1.165) is 6.20 Å². The number of benzene rings is 2. The van der Waals surface area contributed by atoms with Gasteiger partial charge in [-0.15, -0.1) is 0 Å². The quantitative estimate of drug-likeness (QED) is 0.442. The Morgan fingerprint density at radius 1 is 1.04 bits per heavy atom. The first-order valence-electron chi connectivity index (χ1n) is 7.47. The Bertz CT molecular complexity index is 1020. The van der Waals surface area contributed by atoms with Crippen LogP contribution in [0.2, 0.25) is 0 Å². The van der Waals surface area contributed by atoms with Crippen molar-refractivity contribution in [1.82, 2.24) is 4.98 Å². The third-order valence-corrected chi connectivity index (χ3v) is 4.45. The SMILES string of the molecule is O=C(/C=C/c1ccc(Br)c2c(C(=O)C(F)(F)F)c[nH]c12)c1ccccc1. The minimum atomic E-state index is -4.97. The standard InChI is InChI=1S/C19H11BrF3NO2/c20-14-8-6-12(7-9-15(25)11-4-2-1-3-5-11)17-16(14)13(10-24-17)18(26)19(21,22)23/h1-10,24H/b9-7+. The minimum Gasteiger partial charge on any atom is -0.360 e. The van der Waals surface area contributed by atoms with Crippen LogP contribution in [-0.2, 0) is 0 Å². The van der Waals surface area contributed by atoms with Gasteiger partial charge in [-0.2, -0.15) is 13.2 Å². The van der Waals surface area contributed by atoms with Crippen LogP contribution >= 0.6 is 15.9 Å². The molecule has 0 bridgehead atoms. The first kappa shape index (κ1) is 18.1. The number of carbonyl (C=O) groups excluding carboxylic acids is 2. The molecule has 26 heavy (non-hydrogen) atoms. The van der Waals surface area contributed by atoms with Crippen molar-refractivity contribution < 1.29 is 22.8 Å². The van der Waals surface area contributed by atoms with Crippen LogP contribution in [0.5, 0.6) is 0 Å². The number of fused-ring (bicyclic) bond motifs is 1. The van der Waals surface area contributed by atoms with Gasteiger partial charge < -0.3 is 4.98 Å². The molecule has 7 heteroatoms. The van der Waals surface area contributed by atoms with Crippen LogP contribution in [-0.4, -0.2) is 22.7 Å². The van der Waals surface area contributed by atoms with Crippen LogP contribution in [0, 0.1) is 0 Å². The summed E-state index contributed by atoms with van der Waals surface area (Å²) in [5.74, 6) is -2.16. The summed E-state index contributed by atoms with van der Waals surface area (Å²) in [6.45, 7) is 0. The Labute approximate surface area is 154 Å². The molecule has 1 aromatic heterocycles. The van der Waals surface area contributed by atoms with Gasteiger partial charge in [0.05, 0.1) is 11.1 Å². The van der Waals surface area contributed by atoms with E-state index in [2.05, 4.69) is 20.9 Å². The number of aromatic nitrogens is 1. The molecule has 3 aromatic rings. The molecule has 0 fully saturated rings. The number of halogens is 4. The lowest BCUT2D eigenvalue weighted by molar-refractivity contribution is -0.0884. The number of aromatic amines is 1. The monoisotopic (exact) mass is 421 g/mol. The molecule has 1 N–H and O–H groups in total. The van der Waals surface area contributed by atoms with E-state index in [0.29, 0.717) is 21.1 Å². The lowest BCUT2D eigenvalue weighted by Crippen LogP contribution is -2.22. The first-order valence-corrected chi connectivity index (χ1v) is 8.27. The highest BCUT2D eigenvalue weighted by Crippen LogP contribution is 2.33. The van der Waals surface area contributed by atoms with Gasteiger partial charge in [0.25, 0.3) is 5.78 Å². The van der Waals surface area contributed by atoms with Crippen LogP contribution in [0.4, 0.5) is 13.2 Å². The van der Waals surface area contributed by atoms with Crippen molar-refractivity contribution in [2.24, 2.45) is 0 Å². The second-order valence-corrected chi connectivity index (χ2v) is 6.33. The van der Waals surface area contributed by atoms with E-state index in [1.54, 1.807) is 36.4 Å². The lowest BCUT2D eigenvalue weighted by Gasteiger charge is -2.05. The van der Waals surface area contributed by atoms with Crippen molar-refractivity contribution in [3.8, 4) is 0 Å². The summed E-state index contributed by atoms with van der Waals surface area (Å²) in [6.07, 6.45) is -1.10. The number of hydrogen-bond donors (Lipinski definition) is 1. The summed E-state index contributed by atoms with van der Waals surface area (Å²) >= 11 is 3.18. The molecule has 0 radical (unpaired) electrons. The van der Waals surface area contributed by atoms with Gasteiger partial charge in [-0.05, 0) is 23.8 Å². The molecule has 0 amide bonds. The van der Waals surface area contributed by atoms with Crippen molar-refractivity contribution in [1.29, 1.82) is 0 Å². The number of Topliss-reactive ketones (excluding diaryl/α,β-unsaturated/α-hetero) is 1. The number of carbonyl (C=O) groups is 2. The highest BCUT2D eigenvalue weighted by molar-refractivity contribution is 9.10. The fraction of sp³-hybridized carbons (Fsp3) is 0.0526. The average molecular weight is 422 g/mol. The third-order valence-electron chi connectivity index (χ3n) is 3.79. The second-order valence-electron chi connectivity index (χ2n) is 5.48. The molecule has 1 heterocycles. The molecule has 3 nitrogen and oxygen atoms in total. The van der Waals surface area contributed by atoms with Crippen molar-refractivity contribution in [3.63, 3.8) is 0 Å². The molecule has 0 saturated heterocycles. The van der Waals surface area contributed by atoms with Gasteiger partial charge in [0, 0.05) is 21.6 Å². The lowest BCUT2D eigenvalue weighted by atomic mass is 10.0. The maximum atomic E-state index is 12.8. The Morgan fingerprint density at radius 3 is 2.38 bits per heavy atom. The summed E-state index contributed by atoms with van der Waals surface area (Å²) in [5.41, 5.74) is 0.860. The van der Waals surface area contributed by atoms with Crippen molar-refractivity contribution in [2.75, 3.05) is 0 Å². The molecule has 0 aliphatic heterocycles. The fourth-order valence-corrected chi connectivity index (χ4v) is 3.11. The van der Waals surface area contributed by atoms with E-state index >= 15 is 0 Å². The highest BCUT2D eigenvalue weighted by Gasteiger charge is 2.40. The number of rotatable bonds is 4. The number of allylic oxidation sites excluding steroid dienone is 1. The van der Waals surface area contributed by atoms with Crippen LogP contribution in [0.3, 0.4) is 0 Å². The van der Waals surface area contributed by atoms with Gasteiger partial charge in [-0.1, -0.05) is 52.3 Å². The molecule has 0 aliphatic carbocycles. The van der Waals surface area contributed by atoms with Gasteiger partial charge in [0.15, 0.2) is 5.78 Å². The Kier molecular flexibility index (Phi) is 4.82. The number of H-pyrrole nitrogens is 1. The molecule has 0 aliphatic rings. The zero-order valence-corrected chi connectivity index (χ0v) is 14.7. The van der Waals surface area contributed by atoms with Gasteiger partial charge in [-0.3, -0.25) is 9.59 Å². The molecule has 132 valence electrons. The molecule has 2 aromatic carbocycles. The molecular weight excluding hydrogens is 411 g/mol. The molecule has 0 atom stereocenters. The zero-order chi connectivity index (χ0) is 18.9. The predicted octanol–water partition coefficient (Wildman–Crippen LogP) is 5.57. The summed E-state index contributed by atoms with van der Waals surface area (Å²) in [5, 5.41) is 0.127. The molecule has 3 rings (SSSR count). The minimum absolute atomic E-state index is 0.127. The maximum Gasteiger partial charge on any atom is 0.454 e. The normalized spacial score (nSPS) is 12.0. The summed E-state index contributed by atoms with van der Waals surface area (Å²) in [7, 11) is 0. The van der Waals surface area contributed by atoms with Gasteiger partial charge in [0.1, 0.15) is 0 Å². The summed E-state index contributed by atoms with van der Waals surface area (Å²) < 4.78 is 38.7. The molecular formula is C19H11BrF3NO2. The average Bonchev–Trinajstić information content (AvgIpc) is 3.06. The first-order chi connectivity index (χ1) is 12.3. The number of ketones is 2. The van der Waals surface area contributed by atoms with E-state index < -0.39 is 17.5 Å². The van der Waals surface area contributed by atoms with Gasteiger partial charge >= 0.3 is 6.18 Å².